The average Bonchev–Trinajstić information content (AvgIpc) is 3.05. The Balaban J connectivity index is 1.69. The van der Waals surface area contributed by atoms with Crippen molar-refractivity contribution < 1.29 is 22.6 Å². The molecule has 27 heavy (non-hydrogen) atoms. The SMILES string of the molecule is CC1CCc2c(c3cc4c(cc3n2Cc2cccc(F)n2)OC(F)(F)O4)C1. The zero-order valence-electron chi connectivity index (χ0n) is 14.6. The molecule has 0 fully saturated rings. The molecule has 2 aromatic heterocycles. The highest BCUT2D eigenvalue weighted by Crippen LogP contribution is 2.46. The van der Waals surface area contributed by atoms with Crippen molar-refractivity contribution >= 4 is 10.9 Å². The molecule has 4 nitrogen and oxygen atoms in total. The minimum Gasteiger partial charge on any atom is -0.395 e. The number of fused-ring (bicyclic) bond motifs is 4. The second kappa shape index (κ2) is 5.65. The highest BCUT2D eigenvalue weighted by atomic mass is 19.3. The Kier molecular flexibility index (Phi) is 3.44. The lowest BCUT2D eigenvalue weighted by Crippen LogP contribution is -2.25. The lowest BCUT2D eigenvalue weighted by atomic mass is 9.87. The van der Waals surface area contributed by atoms with Gasteiger partial charge in [-0.05, 0) is 48.9 Å². The van der Waals surface area contributed by atoms with Crippen LogP contribution in [-0.4, -0.2) is 15.8 Å². The molecule has 1 atom stereocenters. The van der Waals surface area contributed by atoms with E-state index in [0.29, 0.717) is 18.2 Å². The van der Waals surface area contributed by atoms with Crippen LogP contribution in [0.15, 0.2) is 30.3 Å². The second-order valence-corrected chi connectivity index (χ2v) is 7.29. The Labute approximate surface area is 153 Å². The molecule has 0 N–H and O–H groups in total. The fraction of sp³-hybridized carbons (Fsp3) is 0.350. The lowest BCUT2D eigenvalue weighted by molar-refractivity contribution is -0.286. The molecule has 0 radical (unpaired) electrons. The third kappa shape index (κ3) is 2.72. The van der Waals surface area contributed by atoms with Gasteiger partial charge in [-0.2, -0.15) is 4.39 Å². The molecule has 3 heterocycles. The summed E-state index contributed by atoms with van der Waals surface area (Å²) in [5.41, 5.74) is 3.64. The summed E-state index contributed by atoms with van der Waals surface area (Å²) in [4.78, 5) is 3.95. The third-order valence-corrected chi connectivity index (χ3v) is 5.33. The maximum absolute atomic E-state index is 13.5. The van der Waals surface area contributed by atoms with E-state index in [9.17, 15) is 13.2 Å². The molecule has 1 aliphatic carbocycles. The number of hydrogen-bond donors (Lipinski definition) is 0. The van der Waals surface area contributed by atoms with Gasteiger partial charge >= 0.3 is 6.29 Å². The number of rotatable bonds is 2. The van der Waals surface area contributed by atoms with Gasteiger partial charge in [-0.25, -0.2) is 4.98 Å². The Hall–Kier alpha value is -2.70. The first-order valence-electron chi connectivity index (χ1n) is 8.95. The Morgan fingerprint density at radius 2 is 2.00 bits per heavy atom. The van der Waals surface area contributed by atoms with Gasteiger partial charge < -0.3 is 14.0 Å². The number of ether oxygens (including phenoxy) is 2. The molecule has 1 aromatic carbocycles. The molecule has 3 aromatic rings. The fourth-order valence-corrected chi connectivity index (χ4v) is 4.14. The minimum absolute atomic E-state index is 0.0175. The lowest BCUT2D eigenvalue weighted by Gasteiger charge is -2.21. The first-order chi connectivity index (χ1) is 12.9. The summed E-state index contributed by atoms with van der Waals surface area (Å²) in [5, 5.41) is 0.882. The number of alkyl halides is 2. The highest BCUT2D eigenvalue weighted by molar-refractivity contribution is 5.89. The summed E-state index contributed by atoms with van der Waals surface area (Å²) < 4.78 is 51.8. The normalized spacial score (nSPS) is 20.1. The maximum Gasteiger partial charge on any atom is 0.586 e. The quantitative estimate of drug-likeness (QED) is 0.612. The van der Waals surface area contributed by atoms with Crippen LogP contribution in [0, 0.1) is 11.9 Å². The van der Waals surface area contributed by atoms with E-state index in [4.69, 9.17) is 0 Å². The predicted octanol–water partition coefficient (Wildman–Crippen LogP) is 4.67. The first-order valence-corrected chi connectivity index (χ1v) is 8.95. The van der Waals surface area contributed by atoms with E-state index in [0.717, 1.165) is 41.4 Å². The zero-order valence-corrected chi connectivity index (χ0v) is 14.6. The van der Waals surface area contributed by atoms with E-state index in [-0.39, 0.29) is 11.5 Å². The standard InChI is InChI=1S/C20H17F3N2O2/c1-11-5-6-15-13(7-11)14-8-17-18(27-20(22,23)26-17)9-16(14)25(15)10-12-3-2-4-19(21)24-12/h2-4,8-9,11H,5-7,10H2,1H3. The van der Waals surface area contributed by atoms with Crippen molar-refractivity contribution in [1.29, 1.82) is 0 Å². The average molecular weight is 374 g/mol. The van der Waals surface area contributed by atoms with Gasteiger partial charge in [0.1, 0.15) is 0 Å². The smallest absolute Gasteiger partial charge is 0.395 e. The third-order valence-electron chi connectivity index (χ3n) is 5.33. The number of hydrogen-bond acceptors (Lipinski definition) is 3. The molecule has 0 saturated heterocycles. The Morgan fingerprint density at radius 1 is 1.22 bits per heavy atom. The molecule has 5 rings (SSSR count). The molecule has 1 unspecified atom stereocenters. The van der Waals surface area contributed by atoms with Gasteiger partial charge in [0.2, 0.25) is 5.95 Å². The largest absolute Gasteiger partial charge is 0.586 e. The van der Waals surface area contributed by atoms with Gasteiger partial charge in [-0.15, -0.1) is 8.78 Å². The Morgan fingerprint density at radius 3 is 2.78 bits per heavy atom. The molecule has 0 spiro atoms. The van der Waals surface area contributed by atoms with Crippen LogP contribution in [0.3, 0.4) is 0 Å². The van der Waals surface area contributed by atoms with Crippen molar-refractivity contribution in [2.45, 2.75) is 39.0 Å². The van der Waals surface area contributed by atoms with Crippen LogP contribution in [-0.2, 0) is 19.4 Å². The maximum atomic E-state index is 13.5. The predicted molar refractivity (Wildman–Crippen MR) is 92.6 cm³/mol. The Bertz CT molecular complexity index is 1060. The number of halogens is 3. The highest BCUT2D eigenvalue weighted by Gasteiger charge is 2.44. The van der Waals surface area contributed by atoms with Crippen molar-refractivity contribution in [2.24, 2.45) is 5.92 Å². The summed E-state index contributed by atoms with van der Waals surface area (Å²) in [5.74, 6) is 0.0397. The molecule has 0 saturated carbocycles. The van der Waals surface area contributed by atoms with Crippen LogP contribution in [0.4, 0.5) is 13.2 Å². The van der Waals surface area contributed by atoms with Gasteiger partial charge in [0.05, 0.1) is 17.8 Å². The molecular formula is C20H17F3N2O2. The molecule has 7 heteroatoms. The fourth-order valence-electron chi connectivity index (χ4n) is 4.14. The minimum atomic E-state index is -3.65. The van der Waals surface area contributed by atoms with Crippen LogP contribution in [0.1, 0.15) is 30.3 Å². The summed E-state index contributed by atoms with van der Waals surface area (Å²) in [7, 11) is 0. The van der Waals surface area contributed by atoms with E-state index >= 15 is 0 Å². The van der Waals surface area contributed by atoms with Crippen LogP contribution in [0.2, 0.25) is 0 Å². The summed E-state index contributed by atoms with van der Waals surface area (Å²) in [6.45, 7) is 2.55. The van der Waals surface area contributed by atoms with Crippen molar-refractivity contribution in [3.63, 3.8) is 0 Å². The van der Waals surface area contributed by atoms with Crippen molar-refractivity contribution in [3.05, 3.63) is 53.2 Å². The van der Waals surface area contributed by atoms with E-state index in [1.54, 1.807) is 24.3 Å². The summed E-state index contributed by atoms with van der Waals surface area (Å²) >= 11 is 0. The number of aromatic nitrogens is 2. The van der Waals surface area contributed by atoms with Crippen LogP contribution < -0.4 is 9.47 Å². The molecule has 0 amide bonds. The van der Waals surface area contributed by atoms with Crippen LogP contribution in [0.25, 0.3) is 10.9 Å². The monoisotopic (exact) mass is 374 g/mol. The topological polar surface area (TPSA) is 36.3 Å². The van der Waals surface area contributed by atoms with Crippen molar-refractivity contribution in [1.82, 2.24) is 9.55 Å². The zero-order chi connectivity index (χ0) is 18.8. The molecule has 1 aliphatic heterocycles. The van der Waals surface area contributed by atoms with Gasteiger partial charge in [-0.1, -0.05) is 13.0 Å². The second-order valence-electron chi connectivity index (χ2n) is 7.29. The van der Waals surface area contributed by atoms with Crippen LogP contribution in [0.5, 0.6) is 11.5 Å². The van der Waals surface area contributed by atoms with Crippen molar-refractivity contribution in [2.75, 3.05) is 0 Å². The van der Waals surface area contributed by atoms with Gasteiger partial charge in [-0.3, -0.25) is 0 Å². The number of nitrogens with zero attached hydrogens (tertiary/aromatic N) is 2. The van der Waals surface area contributed by atoms with E-state index in [1.807, 2.05) is 4.57 Å². The molecule has 140 valence electrons. The van der Waals surface area contributed by atoms with Gasteiger partial charge in [0.15, 0.2) is 11.5 Å². The summed E-state index contributed by atoms with van der Waals surface area (Å²) in [6, 6.07) is 7.90. The van der Waals surface area contributed by atoms with E-state index < -0.39 is 12.2 Å². The first kappa shape index (κ1) is 16.5. The van der Waals surface area contributed by atoms with Gasteiger partial charge in [0.25, 0.3) is 0 Å². The van der Waals surface area contributed by atoms with Crippen LogP contribution >= 0.6 is 0 Å². The van der Waals surface area contributed by atoms with E-state index in [2.05, 4.69) is 21.4 Å². The summed E-state index contributed by atoms with van der Waals surface area (Å²) in [6.07, 6.45) is -0.859. The number of pyridine rings is 1. The van der Waals surface area contributed by atoms with E-state index in [1.165, 1.54) is 6.07 Å². The molecular weight excluding hydrogens is 357 g/mol. The molecule has 2 aliphatic rings. The van der Waals surface area contributed by atoms with Crippen molar-refractivity contribution in [3.8, 4) is 11.5 Å². The number of benzene rings is 1. The molecule has 0 bridgehead atoms. The van der Waals surface area contributed by atoms with Gasteiger partial charge in [0, 0.05) is 17.1 Å².